The van der Waals surface area contributed by atoms with Crippen LogP contribution in [0.4, 0.5) is 5.69 Å². The Morgan fingerprint density at radius 1 is 1.27 bits per heavy atom. The van der Waals surface area contributed by atoms with E-state index in [0.29, 0.717) is 47.9 Å². The molecule has 1 aliphatic rings. The Labute approximate surface area is 194 Å². The zero-order valence-corrected chi connectivity index (χ0v) is 19.6. The minimum absolute atomic E-state index is 0.0863. The number of hydrogen-bond acceptors (Lipinski definition) is 9. The third kappa shape index (κ3) is 4.97. The molecule has 33 heavy (non-hydrogen) atoms. The number of carbonyl (C=O) groups is 2. The summed E-state index contributed by atoms with van der Waals surface area (Å²) in [6, 6.07) is 7.84. The Balaban J connectivity index is 1.43. The number of ether oxygens (including phenoxy) is 1. The van der Waals surface area contributed by atoms with E-state index in [1.165, 1.54) is 17.5 Å². The fourth-order valence-electron chi connectivity index (χ4n) is 3.54. The van der Waals surface area contributed by atoms with Crippen molar-refractivity contribution in [3.8, 4) is 11.4 Å². The lowest BCUT2D eigenvalue weighted by Crippen LogP contribution is -2.43. The van der Waals surface area contributed by atoms with Gasteiger partial charge in [0.25, 0.3) is 10.0 Å². The number of aromatic nitrogens is 2. The number of nitrogens with zero attached hydrogens (tertiary/aromatic N) is 3. The van der Waals surface area contributed by atoms with Crippen molar-refractivity contribution in [2.75, 3.05) is 25.5 Å². The lowest BCUT2D eigenvalue weighted by molar-refractivity contribution is -0.120. The van der Waals surface area contributed by atoms with Gasteiger partial charge in [-0.05, 0) is 43.2 Å². The molecule has 0 radical (unpaired) electrons. The second-order valence-corrected chi connectivity index (χ2v) is 10.6. The lowest BCUT2D eigenvalue weighted by atomic mass is 9.98. The van der Waals surface area contributed by atoms with E-state index in [9.17, 15) is 18.0 Å². The molecule has 1 saturated heterocycles. The fourth-order valence-corrected chi connectivity index (χ4v) is 6.37. The van der Waals surface area contributed by atoms with Gasteiger partial charge in [-0.3, -0.25) is 4.79 Å². The molecule has 4 rings (SSSR count). The number of rotatable bonds is 6. The zero-order chi connectivity index (χ0) is 23.6. The van der Waals surface area contributed by atoms with Crippen LogP contribution in [0.2, 0.25) is 0 Å². The molecule has 1 N–H and O–H groups in total. The van der Waals surface area contributed by atoms with E-state index in [1.54, 1.807) is 36.6 Å². The number of methoxy groups -OCH3 is 1. The summed E-state index contributed by atoms with van der Waals surface area (Å²) in [5.74, 6) is -0.500. The van der Waals surface area contributed by atoms with Crippen LogP contribution in [0.5, 0.6) is 0 Å². The molecular formula is C21H22N4O6S2. The standard InChI is InChI=1S/C21H22N4O6S2/c1-13-22-19(24-31-13)16-10-18(32-12-16)33(28,29)25-9-3-4-15(11-25)20(26)23-17-7-5-14(6-8-17)21(27)30-2/h5-8,10,12,15H,3-4,9,11H2,1-2H3,(H,23,26). The minimum Gasteiger partial charge on any atom is -0.465 e. The molecule has 1 fully saturated rings. The molecule has 0 spiro atoms. The van der Waals surface area contributed by atoms with Crippen molar-refractivity contribution in [1.29, 1.82) is 0 Å². The Morgan fingerprint density at radius 2 is 2.03 bits per heavy atom. The minimum atomic E-state index is -3.77. The number of esters is 1. The van der Waals surface area contributed by atoms with Gasteiger partial charge in [-0.1, -0.05) is 5.16 Å². The second kappa shape index (κ2) is 9.41. The molecule has 12 heteroatoms. The first kappa shape index (κ1) is 23.1. The maximum absolute atomic E-state index is 13.2. The van der Waals surface area contributed by atoms with Gasteiger partial charge in [0.15, 0.2) is 0 Å². The Hall–Kier alpha value is -3.09. The molecule has 174 valence electrons. The van der Waals surface area contributed by atoms with E-state index in [-0.39, 0.29) is 16.7 Å². The van der Waals surface area contributed by atoms with E-state index in [4.69, 9.17) is 4.52 Å². The van der Waals surface area contributed by atoms with Gasteiger partial charge in [-0.25, -0.2) is 13.2 Å². The van der Waals surface area contributed by atoms with Gasteiger partial charge < -0.3 is 14.6 Å². The van der Waals surface area contributed by atoms with Crippen LogP contribution in [-0.4, -0.2) is 54.9 Å². The summed E-state index contributed by atoms with van der Waals surface area (Å²) in [4.78, 5) is 28.5. The summed E-state index contributed by atoms with van der Waals surface area (Å²) in [5.41, 5.74) is 1.46. The van der Waals surface area contributed by atoms with Gasteiger partial charge in [-0.2, -0.15) is 9.29 Å². The number of thiophene rings is 1. The smallest absolute Gasteiger partial charge is 0.337 e. The van der Waals surface area contributed by atoms with Gasteiger partial charge >= 0.3 is 5.97 Å². The number of hydrogen-bond donors (Lipinski definition) is 1. The van der Waals surface area contributed by atoms with Gasteiger partial charge in [0.2, 0.25) is 17.6 Å². The summed E-state index contributed by atoms with van der Waals surface area (Å²) in [5, 5.41) is 8.29. The van der Waals surface area contributed by atoms with Crippen LogP contribution in [0, 0.1) is 12.8 Å². The highest BCUT2D eigenvalue weighted by atomic mass is 32.2. The number of carbonyl (C=O) groups excluding carboxylic acids is 2. The Morgan fingerprint density at radius 3 is 2.70 bits per heavy atom. The SMILES string of the molecule is COC(=O)c1ccc(NC(=O)C2CCCN(S(=O)(=O)c3cc(-c4noc(C)n4)cs3)C2)cc1. The number of aryl methyl sites for hydroxylation is 1. The number of benzene rings is 1. The molecule has 0 saturated carbocycles. The van der Waals surface area contributed by atoms with E-state index < -0.39 is 21.9 Å². The molecule has 3 aromatic rings. The quantitative estimate of drug-likeness (QED) is 0.522. The third-order valence-corrected chi connectivity index (χ3v) is 8.56. The number of nitrogens with one attached hydrogen (secondary N) is 1. The first-order valence-electron chi connectivity index (χ1n) is 10.2. The summed E-state index contributed by atoms with van der Waals surface area (Å²) in [6.07, 6.45) is 1.15. The molecule has 0 aliphatic carbocycles. The van der Waals surface area contributed by atoms with Crippen LogP contribution < -0.4 is 5.32 Å². The van der Waals surface area contributed by atoms with Gasteiger partial charge in [0.05, 0.1) is 18.6 Å². The molecule has 0 bridgehead atoms. The molecule has 3 heterocycles. The summed E-state index contributed by atoms with van der Waals surface area (Å²) < 4.78 is 37.5. The maximum atomic E-state index is 13.2. The van der Waals surface area contributed by atoms with Crippen LogP contribution in [0.25, 0.3) is 11.4 Å². The molecular weight excluding hydrogens is 468 g/mol. The second-order valence-electron chi connectivity index (χ2n) is 7.55. The zero-order valence-electron chi connectivity index (χ0n) is 18.0. The Bertz CT molecular complexity index is 1270. The Kier molecular flexibility index (Phi) is 6.58. The fraction of sp³-hybridized carbons (Fsp3) is 0.333. The topological polar surface area (TPSA) is 132 Å². The summed E-state index contributed by atoms with van der Waals surface area (Å²) >= 11 is 1.08. The van der Waals surface area contributed by atoms with Crippen LogP contribution in [0.3, 0.4) is 0 Å². The van der Waals surface area contributed by atoms with Crippen molar-refractivity contribution in [2.45, 2.75) is 24.0 Å². The highest BCUT2D eigenvalue weighted by molar-refractivity contribution is 7.91. The molecule has 1 aromatic carbocycles. The summed E-state index contributed by atoms with van der Waals surface area (Å²) in [6.45, 7) is 2.09. The van der Waals surface area contributed by atoms with Crippen molar-refractivity contribution >= 4 is 38.9 Å². The molecule has 1 amide bonds. The molecule has 1 unspecified atom stereocenters. The highest BCUT2D eigenvalue weighted by Gasteiger charge is 2.34. The van der Waals surface area contributed by atoms with Crippen molar-refractivity contribution in [2.24, 2.45) is 5.92 Å². The van der Waals surface area contributed by atoms with E-state index in [0.717, 1.165) is 11.3 Å². The molecule has 1 atom stereocenters. The number of piperidine rings is 1. The van der Waals surface area contributed by atoms with Crippen LogP contribution in [0.1, 0.15) is 29.1 Å². The van der Waals surface area contributed by atoms with Crippen molar-refractivity contribution < 1.29 is 27.3 Å². The van der Waals surface area contributed by atoms with Crippen molar-refractivity contribution in [3.05, 3.63) is 47.2 Å². The number of anilines is 1. The first-order valence-corrected chi connectivity index (χ1v) is 12.5. The monoisotopic (exact) mass is 490 g/mol. The van der Waals surface area contributed by atoms with Crippen molar-refractivity contribution in [3.63, 3.8) is 0 Å². The average Bonchev–Trinajstić information content (AvgIpc) is 3.49. The van der Waals surface area contributed by atoms with Gasteiger partial charge in [0, 0.05) is 36.6 Å². The molecule has 1 aliphatic heterocycles. The predicted octanol–water partition coefficient (Wildman–Crippen LogP) is 2.93. The number of amides is 1. The van der Waals surface area contributed by atoms with E-state index in [1.807, 2.05) is 0 Å². The van der Waals surface area contributed by atoms with Gasteiger partial charge in [-0.15, -0.1) is 11.3 Å². The normalized spacial score (nSPS) is 17.0. The van der Waals surface area contributed by atoms with E-state index >= 15 is 0 Å². The lowest BCUT2D eigenvalue weighted by Gasteiger charge is -2.30. The molecule has 2 aromatic heterocycles. The average molecular weight is 491 g/mol. The van der Waals surface area contributed by atoms with Crippen LogP contribution in [-0.2, 0) is 19.6 Å². The largest absolute Gasteiger partial charge is 0.465 e. The highest BCUT2D eigenvalue weighted by Crippen LogP contribution is 2.31. The van der Waals surface area contributed by atoms with Crippen LogP contribution >= 0.6 is 11.3 Å². The van der Waals surface area contributed by atoms with Crippen LogP contribution in [0.15, 0.2) is 44.4 Å². The number of sulfonamides is 1. The summed E-state index contributed by atoms with van der Waals surface area (Å²) in [7, 11) is -2.47. The molecule has 10 nitrogen and oxygen atoms in total. The van der Waals surface area contributed by atoms with Crippen molar-refractivity contribution in [1.82, 2.24) is 14.4 Å². The maximum Gasteiger partial charge on any atom is 0.337 e. The van der Waals surface area contributed by atoms with E-state index in [2.05, 4.69) is 20.2 Å². The predicted molar refractivity (Wildman–Crippen MR) is 120 cm³/mol. The van der Waals surface area contributed by atoms with Gasteiger partial charge in [0.1, 0.15) is 4.21 Å². The first-order chi connectivity index (χ1) is 15.8. The third-order valence-electron chi connectivity index (χ3n) is 5.28.